The quantitative estimate of drug-likeness (QED) is 0.804. The Kier molecular flexibility index (Phi) is 3.13. The van der Waals surface area contributed by atoms with Crippen molar-refractivity contribution in [1.29, 1.82) is 0 Å². The van der Waals surface area contributed by atoms with Gasteiger partial charge in [-0.1, -0.05) is 17.7 Å². The molecule has 1 aromatic rings. The number of benzene rings is 1. The van der Waals surface area contributed by atoms with Crippen molar-refractivity contribution in [3.05, 3.63) is 34.3 Å². The highest BCUT2D eigenvalue weighted by Gasteiger charge is 2.34. The van der Waals surface area contributed by atoms with Crippen LogP contribution < -0.4 is 5.32 Å². The van der Waals surface area contributed by atoms with Crippen molar-refractivity contribution in [3.63, 3.8) is 0 Å². The van der Waals surface area contributed by atoms with Crippen LogP contribution in [-0.2, 0) is 6.18 Å². The molecule has 0 aliphatic carbocycles. The second-order valence-corrected chi connectivity index (χ2v) is 4.33. The van der Waals surface area contributed by atoms with E-state index in [0.29, 0.717) is 5.56 Å². The highest BCUT2D eigenvalue weighted by atomic mass is 35.5. The average Bonchev–Trinajstić information content (AvgIpc) is 2.69. The van der Waals surface area contributed by atoms with Gasteiger partial charge in [-0.25, -0.2) is 0 Å². The maximum atomic E-state index is 12.6. The summed E-state index contributed by atoms with van der Waals surface area (Å²) in [5.41, 5.74) is -0.0275. The van der Waals surface area contributed by atoms with E-state index in [1.807, 2.05) is 0 Å². The van der Waals surface area contributed by atoms with Gasteiger partial charge in [-0.05, 0) is 36.6 Å². The molecule has 0 aromatic heterocycles. The molecule has 16 heavy (non-hydrogen) atoms. The highest BCUT2D eigenvalue weighted by molar-refractivity contribution is 6.31. The number of alkyl halides is 3. The first-order chi connectivity index (χ1) is 7.48. The van der Waals surface area contributed by atoms with Crippen LogP contribution in [0.15, 0.2) is 18.2 Å². The predicted molar refractivity (Wildman–Crippen MR) is 56.7 cm³/mol. The fraction of sp³-hybridized carbons (Fsp3) is 0.455. The molecule has 2 rings (SSSR count). The first kappa shape index (κ1) is 11.7. The SMILES string of the molecule is FC(F)(F)c1cc(C2CCNC2)ccc1Cl. The van der Waals surface area contributed by atoms with Gasteiger partial charge in [-0.15, -0.1) is 0 Å². The van der Waals surface area contributed by atoms with E-state index in [2.05, 4.69) is 5.32 Å². The van der Waals surface area contributed by atoms with E-state index in [4.69, 9.17) is 11.6 Å². The molecule has 88 valence electrons. The summed E-state index contributed by atoms with van der Waals surface area (Å²) in [6, 6.07) is 4.17. The number of nitrogens with one attached hydrogen (secondary N) is 1. The molecule has 1 unspecified atom stereocenters. The molecule has 5 heteroatoms. The molecule has 1 saturated heterocycles. The lowest BCUT2D eigenvalue weighted by molar-refractivity contribution is -0.137. The minimum atomic E-state index is -4.38. The maximum absolute atomic E-state index is 12.6. The first-order valence-electron chi connectivity index (χ1n) is 5.06. The highest BCUT2D eigenvalue weighted by Crippen LogP contribution is 2.37. The van der Waals surface area contributed by atoms with E-state index in [9.17, 15) is 13.2 Å². The smallest absolute Gasteiger partial charge is 0.316 e. The Morgan fingerprint density at radius 3 is 2.62 bits per heavy atom. The molecule has 1 aliphatic rings. The molecule has 1 N–H and O–H groups in total. The molecule has 1 aliphatic heterocycles. The van der Waals surface area contributed by atoms with Crippen LogP contribution in [0.4, 0.5) is 13.2 Å². The molecule has 1 atom stereocenters. The van der Waals surface area contributed by atoms with E-state index in [1.165, 1.54) is 12.1 Å². The molecule has 1 heterocycles. The summed E-state index contributed by atoms with van der Waals surface area (Å²) in [5.74, 6) is 0.165. The molecule has 1 nitrogen and oxygen atoms in total. The summed E-state index contributed by atoms with van der Waals surface area (Å²) in [5, 5.41) is 2.90. The van der Waals surface area contributed by atoms with Gasteiger partial charge in [0.25, 0.3) is 0 Å². The largest absolute Gasteiger partial charge is 0.417 e. The summed E-state index contributed by atoms with van der Waals surface area (Å²) in [6.45, 7) is 1.59. The van der Waals surface area contributed by atoms with E-state index in [1.54, 1.807) is 6.07 Å². The molecule has 1 aromatic carbocycles. The van der Waals surface area contributed by atoms with Crippen LogP contribution in [0.5, 0.6) is 0 Å². The zero-order valence-electron chi connectivity index (χ0n) is 8.44. The lowest BCUT2D eigenvalue weighted by Crippen LogP contribution is -2.10. The topological polar surface area (TPSA) is 12.0 Å². The van der Waals surface area contributed by atoms with Crippen molar-refractivity contribution in [2.45, 2.75) is 18.5 Å². The summed E-state index contributed by atoms with van der Waals surface area (Å²) in [4.78, 5) is 0. The van der Waals surface area contributed by atoms with E-state index in [-0.39, 0.29) is 10.9 Å². The zero-order valence-corrected chi connectivity index (χ0v) is 9.20. The lowest BCUT2D eigenvalue weighted by atomic mass is 9.96. The Hall–Kier alpha value is -0.740. The van der Waals surface area contributed by atoms with Crippen molar-refractivity contribution < 1.29 is 13.2 Å². The lowest BCUT2D eigenvalue weighted by Gasteiger charge is -2.14. The van der Waals surface area contributed by atoms with E-state index < -0.39 is 11.7 Å². The van der Waals surface area contributed by atoms with Gasteiger partial charge < -0.3 is 5.32 Å². The van der Waals surface area contributed by atoms with Crippen LogP contribution in [0, 0.1) is 0 Å². The van der Waals surface area contributed by atoms with Crippen LogP contribution in [0.1, 0.15) is 23.5 Å². The number of hydrogen-bond acceptors (Lipinski definition) is 1. The molecule has 1 fully saturated rings. The molecule has 0 radical (unpaired) electrons. The first-order valence-corrected chi connectivity index (χ1v) is 5.43. The van der Waals surface area contributed by atoms with Gasteiger partial charge in [-0.3, -0.25) is 0 Å². The van der Waals surface area contributed by atoms with Crippen LogP contribution in [-0.4, -0.2) is 13.1 Å². The molecule has 0 spiro atoms. The van der Waals surface area contributed by atoms with Crippen LogP contribution in [0.3, 0.4) is 0 Å². The average molecular weight is 250 g/mol. The monoisotopic (exact) mass is 249 g/mol. The van der Waals surface area contributed by atoms with Crippen molar-refractivity contribution in [1.82, 2.24) is 5.32 Å². The van der Waals surface area contributed by atoms with Gasteiger partial charge in [0, 0.05) is 6.54 Å². The number of hydrogen-bond donors (Lipinski definition) is 1. The fourth-order valence-corrected chi connectivity index (χ4v) is 2.18. The predicted octanol–water partition coefficient (Wildman–Crippen LogP) is 3.44. The van der Waals surface area contributed by atoms with Crippen LogP contribution >= 0.6 is 11.6 Å². The second-order valence-electron chi connectivity index (χ2n) is 3.93. The summed E-state index contributed by atoms with van der Waals surface area (Å²) in [6.07, 6.45) is -3.50. The Labute approximate surface area is 96.6 Å². The van der Waals surface area contributed by atoms with E-state index in [0.717, 1.165) is 19.5 Å². The third-order valence-electron chi connectivity index (χ3n) is 2.83. The Morgan fingerprint density at radius 2 is 2.06 bits per heavy atom. The molecular formula is C11H11ClF3N. The molecular weight excluding hydrogens is 239 g/mol. The standard InChI is InChI=1S/C11H11ClF3N/c12-10-2-1-7(8-3-4-16-6-8)5-9(10)11(13,14)15/h1-2,5,8,16H,3-4,6H2. The minimum Gasteiger partial charge on any atom is -0.316 e. The second kappa shape index (κ2) is 4.26. The Morgan fingerprint density at radius 1 is 1.31 bits per heavy atom. The van der Waals surface area contributed by atoms with Gasteiger partial charge in [0.05, 0.1) is 10.6 Å². The summed E-state index contributed by atoms with van der Waals surface area (Å²) < 4.78 is 37.8. The maximum Gasteiger partial charge on any atom is 0.417 e. The van der Waals surface area contributed by atoms with Crippen LogP contribution in [0.2, 0.25) is 5.02 Å². The normalized spacial score (nSPS) is 21.4. The molecule has 0 bridgehead atoms. The fourth-order valence-electron chi connectivity index (χ4n) is 1.95. The summed E-state index contributed by atoms with van der Waals surface area (Å²) in [7, 11) is 0. The number of rotatable bonds is 1. The van der Waals surface area contributed by atoms with E-state index >= 15 is 0 Å². The Bertz CT molecular complexity index is 383. The summed E-state index contributed by atoms with van der Waals surface area (Å²) >= 11 is 5.55. The number of halogens is 4. The van der Waals surface area contributed by atoms with Gasteiger partial charge in [0.15, 0.2) is 0 Å². The van der Waals surface area contributed by atoms with Gasteiger partial charge in [0.1, 0.15) is 0 Å². The molecule has 0 saturated carbocycles. The van der Waals surface area contributed by atoms with Crippen LogP contribution in [0.25, 0.3) is 0 Å². The minimum absolute atomic E-state index is 0.165. The zero-order chi connectivity index (χ0) is 11.8. The van der Waals surface area contributed by atoms with Crippen molar-refractivity contribution >= 4 is 11.6 Å². The van der Waals surface area contributed by atoms with Crippen molar-refractivity contribution in [2.24, 2.45) is 0 Å². The van der Waals surface area contributed by atoms with Gasteiger partial charge in [-0.2, -0.15) is 13.2 Å². The van der Waals surface area contributed by atoms with Gasteiger partial charge >= 0.3 is 6.18 Å². The van der Waals surface area contributed by atoms with Crippen molar-refractivity contribution in [3.8, 4) is 0 Å². The Balaban J connectivity index is 2.35. The van der Waals surface area contributed by atoms with Crippen molar-refractivity contribution in [2.75, 3.05) is 13.1 Å². The molecule has 0 amide bonds. The van der Waals surface area contributed by atoms with Gasteiger partial charge in [0.2, 0.25) is 0 Å². The third kappa shape index (κ3) is 2.33. The third-order valence-corrected chi connectivity index (χ3v) is 3.16.